The Bertz CT molecular complexity index is 466. The first-order valence-electron chi connectivity index (χ1n) is 4.64. The Morgan fingerprint density at radius 2 is 2.31 bits per heavy atom. The highest BCUT2D eigenvalue weighted by atomic mass is 35.5. The van der Waals surface area contributed by atoms with Gasteiger partial charge in [-0.05, 0) is 18.2 Å². The summed E-state index contributed by atoms with van der Waals surface area (Å²) in [5.74, 6) is 0.327. The maximum Gasteiger partial charge on any atom is 0.231 e. The number of amides is 1. The zero-order chi connectivity index (χ0) is 11.4. The van der Waals surface area contributed by atoms with Crippen LogP contribution in [0.4, 0.5) is 5.82 Å². The van der Waals surface area contributed by atoms with Gasteiger partial charge in [-0.2, -0.15) is 5.10 Å². The van der Waals surface area contributed by atoms with Crippen LogP contribution >= 0.6 is 11.6 Å². The molecule has 0 aliphatic heterocycles. The van der Waals surface area contributed by atoms with E-state index in [2.05, 4.69) is 20.5 Å². The topological polar surface area (TPSA) is 70.7 Å². The van der Waals surface area contributed by atoms with Gasteiger partial charge < -0.3 is 5.32 Å². The molecule has 0 aromatic carbocycles. The smallest absolute Gasteiger partial charge is 0.231 e. The number of H-pyrrole nitrogens is 1. The molecule has 2 heterocycles. The molecule has 0 fully saturated rings. The average Bonchev–Trinajstić information content (AvgIpc) is 2.74. The molecule has 2 N–H and O–H groups in total. The Hall–Kier alpha value is -1.88. The van der Waals surface area contributed by atoms with E-state index in [9.17, 15) is 4.79 Å². The van der Waals surface area contributed by atoms with Crippen molar-refractivity contribution in [2.45, 2.75) is 6.42 Å². The number of carbonyl (C=O) groups is 1. The Morgan fingerprint density at radius 3 is 2.94 bits per heavy atom. The Kier molecular flexibility index (Phi) is 3.16. The molecule has 0 saturated heterocycles. The first kappa shape index (κ1) is 10.6. The van der Waals surface area contributed by atoms with Gasteiger partial charge in [-0.25, -0.2) is 4.98 Å². The lowest BCUT2D eigenvalue weighted by Gasteiger charge is -2.02. The molecule has 82 valence electrons. The predicted molar refractivity (Wildman–Crippen MR) is 60.2 cm³/mol. The van der Waals surface area contributed by atoms with Gasteiger partial charge in [0.2, 0.25) is 5.91 Å². The fraction of sp³-hybridized carbons (Fsp3) is 0.100. The van der Waals surface area contributed by atoms with Crippen LogP contribution in [0.5, 0.6) is 0 Å². The number of nitrogens with zero attached hydrogens (tertiary/aromatic N) is 2. The number of anilines is 1. The zero-order valence-electron chi connectivity index (χ0n) is 8.27. The van der Waals surface area contributed by atoms with Gasteiger partial charge >= 0.3 is 0 Å². The molecule has 2 aromatic rings. The van der Waals surface area contributed by atoms with Crippen molar-refractivity contribution in [3.05, 3.63) is 41.3 Å². The number of hydrogen-bond acceptors (Lipinski definition) is 3. The second kappa shape index (κ2) is 4.76. The maximum absolute atomic E-state index is 11.5. The molecular formula is C10H9ClN4O. The molecule has 5 nitrogen and oxygen atoms in total. The van der Waals surface area contributed by atoms with Crippen LogP contribution in [0.25, 0.3) is 0 Å². The quantitative estimate of drug-likeness (QED) is 0.851. The number of halogens is 1. The summed E-state index contributed by atoms with van der Waals surface area (Å²) in [7, 11) is 0. The van der Waals surface area contributed by atoms with Crippen LogP contribution in [0.15, 0.2) is 30.6 Å². The predicted octanol–water partition coefficient (Wildman–Crippen LogP) is 1.64. The first-order valence-corrected chi connectivity index (χ1v) is 5.01. The van der Waals surface area contributed by atoms with Crippen LogP contribution < -0.4 is 5.32 Å². The molecule has 0 radical (unpaired) electrons. The third kappa shape index (κ3) is 2.80. The molecule has 0 aliphatic rings. The lowest BCUT2D eigenvalue weighted by Crippen LogP contribution is -2.15. The van der Waals surface area contributed by atoms with Gasteiger partial charge in [0.15, 0.2) is 0 Å². The van der Waals surface area contributed by atoms with Crippen molar-refractivity contribution in [3.63, 3.8) is 0 Å². The van der Waals surface area contributed by atoms with E-state index in [-0.39, 0.29) is 12.3 Å². The number of aromatic nitrogens is 3. The summed E-state index contributed by atoms with van der Waals surface area (Å²) in [5, 5.41) is 9.65. The van der Waals surface area contributed by atoms with E-state index in [1.165, 1.54) is 6.20 Å². The molecule has 16 heavy (non-hydrogen) atoms. The standard InChI is InChI=1S/C10H9ClN4O/c11-7-1-2-9(12-6-7)14-10(16)5-8-3-4-13-15-8/h1-4,6H,5H2,(H,13,15)(H,12,14,16). The molecule has 0 saturated carbocycles. The van der Waals surface area contributed by atoms with E-state index in [0.717, 1.165) is 5.69 Å². The monoisotopic (exact) mass is 236 g/mol. The molecule has 0 bridgehead atoms. The molecule has 0 atom stereocenters. The highest BCUT2D eigenvalue weighted by Gasteiger charge is 2.05. The second-order valence-electron chi connectivity index (χ2n) is 3.17. The van der Waals surface area contributed by atoms with E-state index in [4.69, 9.17) is 11.6 Å². The number of aromatic amines is 1. The van der Waals surface area contributed by atoms with Crippen LogP contribution in [-0.2, 0) is 11.2 Å². The lowest BCUT2D eigenvalue weighted by molar-refractivity contribution is -0.115. The number of pyridine rings is 1. The number of rotatable bonds is 3. The Labute approximate surface area is 96.8 Å². The number of nitrogens with one attached hydrogen (secondary N) is 2. The van der Waals surface area contributed by atoms with Gasteiger partial charge in [0.05, 0.1) is 11.4 Å². The van der Waals surface area contributed by atoms with Crippen LogP contribution in [-0.4, -0.2) is 21.1 Å². The van der Waals surface area contributed by atoms with Crippen molar-refractivity contribution in [1.29, 1.82) is 0 Å². The van der Waals surface area contributed by atoms with Crippen LogP contribution in [0, 0.1) is 0 Å². The van der Waals surface area contributed by atoms with E-state index in [0.29, 0.717) is 10.8 Å². The van der Waals surface area contributed by atoms with Gasteiger partial charge in [0.1, 0.15) is 5.82 Å². The molecule has 1 amide bonds. The van der Waals surface area contributed by atoms with Crippen LogP contribution in [0.2, 0.25) is 5.02 Å². The molecule has 0 unspecified atom stereocenters. The summed E-state index contributed by atoms with van der Waals surface area (Å²) in [6, 6.07) is 5.06. The van der Waals surface area contributed by atoms with Gasteiger partial charge in [0.25, 0.3) is 0 Å². The van der Waals surface area contributed by atoms with E-state index >= 15 is 0 Å². The number of carbonyl (C=O) groups excluding carboxylic acids is 1. The highest BCUT2D eigenvalue weighted by molar-refractivity contribution is 6.30. The van der Waals surface area contributed by atoms with Crippen molar-refractivity contribution in [2.75, 3.05) is 5.32 Å². The molecule has 2 rings (SSSR count). The third-order valence-corrected chi connectivity index (χ3v) is 2.13. The summed E-state index contributed by atoms with van der Waals surface area (Å²) >= 11 is 5.67. The maximum atomic E-state index is 11.5. The minimum Gasteiger partial charge on any atom is -0.310 e. The van der Waals surface area contributed by atoms with Crippen molar-refractivity contribution >= 4 is 23.3 Å². The fourth-order valence-corrected chi connectivity index (χ4v) is 1.30. The van der Waals surface area contributed by atoms with Crippen LogP contribution in [0.3, 0.4) is 0 Å². The second-order valence-corrected chi connectivity index (χ2v) is 3.60. The van der Waals surface area contributed by atoms with Gasteiger partial charge in [-0.3, -0.25) is 9.89 Å². The summed E-state index contributed by atoms with van der Waals surface area (Å²) in [5.41, 5.74) is 0.756. The minimum atomic E-state index is -0.154. The summed E-state index contributed by atoms with van der Waals surface area (Å²) < 4.78 is 0. The third-order valence-electron chi connectivity index (χ3n) is 1.90. The Morgan fingerprint density at radius 1 is 1.44 bits per heavy atom. The van der Waals surface area contributed by atoms with Crippen LogP contribution in [0.1, 0.15) is 5.69 Å². The van der Waals surface area contributed by atoms with Crippen molar-refractivity contribution < 1.29 is 4.79 Å². The van der Waals surface area contributed by atoms with E-state index < -0.39 is 0 Å². The summed E-state index contributed by atoms with van der Waals surface area (Å²) in [4.78, 5) is 15.5. The van der Waals surface area contributed by atoms with Gasteiger partial charge in [-0.1, -0.05) is 11.6 Å². The molecule has 2 aromatic heterocycles. The lowest BCUT2D eigenvalue weighted by atomic mass is 10.3. The van der Waals surface area contributed by atoms with E-state index in [1.807, 2.05) is 0 Å². The molecule has 0 spiro atoms. The summed E-state index contributed by atoms with van der Waals surface area (Å²) in [6.45, 7) is 0. The molecule has 6 heteroatoms. The van der Waals surface area contributed by atoms with Gasteiger partial charge in [-0.15, -0.1) is 0 Å². The first-order chi connectivity index (χ1) is 7.74. The Balaban J connectivity index is 1.95. The number of hydrogen-bond donors (Lipinski definition) is 2. The highest BCUT2D eigenvalue weighted by Crippen LogP contribution is 2.09. The van der Waals surface area contributed by atoms with E-state index in [1.54, 1.807) is 24.4 Å². The fourth-order valence-electron chi connectivity index (χ4n) is 1.19. The van der Waals surface area contributed by atoms with Crippen molar-refractivity contribution in [2.24, 2.45) is 0 Å². The van der Waals surface area contributed by atoms with Crippen molar-refractivity contribution in [1.82, 2.24) is 15.2 Å². The SMILES string of the molecule is O=C(Cc1ccn[nH]1)Nc1ccc(Cl)cn1. The summed E-state index contributed by atoms with van der Waals surface area (Å²) in [6.07, 6.45) is 3.32. The minimum absolute atomic E-state index is 0.154. The molecule has 0 aliphatic carbocycles. The van der Waals surface area contributed by atoms with Crippen molar-refractivity contribution in [3.8, 4) is 0 Å². The zero-order valence-corrected chi connectivity index (χ0v) is 9.03. The normalized spacial score (nSPS) is 10.1. The largest absolute Gasteiger partial charge is 0.310 e. The average molecular weight is 237 g/mol. The van der Waals surface area contributed by atoms with Gasteiger partial charge in [0, 0.05) is 18.1 Å². The molecular weight excluding hydrogens is 228 g/mol.